The number of nitrogens with two attached hydrogens (primary N) is 1. The minimum absolute atomic E-state index is 0.297. The highest BCUT2D eigenvalue weighted by Gasteiger charge is 2.29. The van der Waals surface area contributed by atoms with E-state index in [1.54, 1.807) is 13.8 Å². The van der Waals surface area contributed by atoms with Crippen LogP contribution in [0.4, 0.5) is 0 Å². The molecular formula is C16H35N3O2. The Hall–Kier alpha value is -0.650. The van der Waals surface area contributed by atoms with Gasteiger partial charge in [-0.25, -0.2) is 0 Å². The Balaban J connectivity index is 4.24. The van der Waals surface area contributed by atoms with Crippen molar-refractivity contribution in [3.63, 3.8) is 0 Å². The van der Waals surface area contributed by atoms with Gasteiger partial charge in [-0.1, -0.05) is 13.8 Å². The Morgan fingerprint density at radius 2 is 1.86 bits per heavy atom. The summed E-state index contributed by atoms with van der Waals surface area (Å²) in [5.74, 6) is 0.343. The summed E-state index contributed by atoms with van der Waals surface area (Å²) in [6.45, 7) is 12.6. The molecule has 0 amide bonds. The summed E-state index contributed by atoms with van der Waals surface area (Å²) in [6, 6.07) is 0. The van der Waals surface area contributed by atoms with E-state index in [1.807, 2.05) is 0 Å². The Bertz CT molecular complexity index is 291. The fourth-order valence-electron chi connectivity index (χ4n) is 2.22. The van der Waals surface area contributed by atoms with E-state index in [-0.39, 0.29) is 5.97 Å². The molecule has 0 radical (unpaired) electrons. The van der Waals surface area contributed by atoms with Gasteiger partial charge in [0.2, 0.25) is 0 Å². The van der Waals surface area contributed by atoms with Crippen molar-refractivity contribution in [2.75, 3.05) is 46.9 Å². The van der Waals surface area contributed by atoms with E-state index >= 15 is 0 Å². The first-order valence-electron chi connectivity index (χ1n) is 8.02. The number of nitrogens with zero attached hydrogens (tertiary/aromatic N) is 2. The van der Waals surface area contributed by atoms with Crippen molar-refractivity contribution < 1.29 is 9.53 Å². The van der Waals surface area contributed by atoms with E-state index in [0.29, 0.717) is 18.9 Å². The summed E-state index contributed by atoms with van der Waals surface area (Å²) in [5, 5.41) is 0. The van der Waals surface area contributed by atoms with Gasteiger partial charge in [-0.2, -0.15) is 0 Å². The highest BCUT2D eigenvalue weighted by Crippen LogP contribution is 2.12. The van der Waals surface area contributed by atoms with Crippen LogP contribution in [-0.4, -0.2) is 68.2 Å². The molecule has 0 aliphatic heterocycles. The molecule has 0 aliphatic carbocycles. The van der Waals surface area contributed by atoms with Crippen LogP contribution in [-0.2, 0) is 9.53 Å². The van der Waals surface area contributed by atoms with Gasteiger partial charge < -0.3 is 20.3 Å². The SMILES string of the molecule is CCOC(=O)C(C)(N)CCCN(CCN(C)C)CC(C)C. The van der Waals surface area contributed by atoms with E-state index in [9.17, 15) is 4.79 Å². The van der Waals surface area contributed by atoms with Crippen molar-refractivity contribution >= 4 is 5.97 Å². The molecular weight excluding hydrogens is 266 g/mol. The van der Waals surface area contributed by atoms with Crippen molar-refractivity contribution in [2.24, 2.45) is 11.7 Å². The molecule has 0 saturated carbocycles. The number of carbonyl (C=O) groups is 1. The lowest BCUT2D eigenvalue weighted by molar-refractivity contribution is -0.149. The third kappa shape index (κ3) is 9.82. The third-order valence-corrected chi connectivity index (χ3v) is 3.40. The van der Waals surface area contributed by atoms with Gasteiger partial charge in [0.15, 0.2) is 0 Å². The number of hydrogen-bond acceptors (Lipinski definition) is 5. The minimum Gasteiger partial charge on any atom is -0.465 e. The lowest BCUT2D eigenvalue weighted by Gasteiger charge is -2.28. The average molecular weight is 301 g/mol. The zero-order valence-electron chi connectivity index (χ0n) is 14.8. The van der Waals surface area contributed by atoms with Gasteiger partial charge in [-0.15, -0.1) is 0 Å². The maximum Gasteiger partial charge on any atom is 0.325 e. The molecule has 0 aromatic carbocycles. The van der Waals surface area contributed by atoms with Crippen molar-refractivity contribution in [3.05, 3.63) is 0 Å². The Morgan fingerprint density at radius 3 is 2.33 bits per heavy atom. The first-order valence-corrected chi connectivity index (χ1v) is 8.02. The fourth-order valence-corrected chi connectivity index (χ4v) is 2.22. The third-order valence-electron chi connectivity index (χ3n) is 3.40. The molecule has 0 aromatic heterocycles. The number of hydrogen-bond donors (Lipinski definition) is 1. The van der Waals surface area contributed by atoms with Crippen molar-refractivity contribution in [1.29, 1.82) is 0 Å². The molecule has 0 aromatic rings. The Kier molecular flexibility index (Phi) is 9.83. The van der Waals surface area contributed by atoms with Gasteiger partial charge in [0, 0.05) is 19.6 Å². The molecule has 1 unspecified atom stereocenters. The smallest absolute Gasteiger partial charge is 0.325 e. The zero-order valence-corrected chi connectivity index (χ0v) is 14.8. The molecule has 1 atom stereocenters. The van der Waals surface area contributed by atoms with Gasteiger partial charge in [-0.3, -0.25) is 4.79 Å². The molecule has 0 rings (SSSR count). The van der Waals surface area contributed by atoms with Gasteiger partial charge in [0.1, 0.15) is 5.54 Å². The van der Waals surface area contributed by atoms with E-state index in [2.05, 4.69) is 37.7 Å². The summed E-state index contributed by atoms with van der Waals surface area (Å²) in [4.78, 5) is 16.4. The first-order chi connectivity index (χ1) is 9.69. The summed E-state index contributed by atoms with van der Waals surface area (Å²) < 4.78 is 5.02. The molecule has 0 bridgehead atoms. The number of likely N-dealkylation sites (N-methyl/N-ethyl adjacent to an activating group) is 1. The standard InChI is InChI=1S/C16H35N3O2/c1-7-21-15(20)16(4,17)9-8-10-19(13-14(2)3)12-11-18(5)6/h14H,7-13,17H2,1-6H3. The summed E-state index contributed by atoms with van der Waals surface area (Å²) in [7, 11) is 4.18. The second-order valence-corrected chi connectivity index (χ2v) is 6.74. The maximum absolute atomic E-state index is 11.8. The van der Waals surface area contributed by atoms with Crippen LogP contribution in [0.2, 0.25) is 0 Å². The second-order valence-electron chi connectivity index (χ2n) is 6.74. The van der Waals surface area contributed by atoms with Crippen LogP contribution in [0.25, 0.3) is 0 Å². The molecule has 5 heteroatoms. The van der Waals surface area contributed by atoms with Crippen LogP contribution < -0.4 is 5.73 Å². The maximum atomic E-state index is 11.8. The second kappa shape index (κ2) is 10.1. The zero-order chi connectivity index (χ0) is 16.5. The molecule has 0 heterocycles. The molecule has 126 valence electrons. The monoisotopic (exact) mass is 301 g/mol. The van der Waals surface area contributed by atoms with Crippen LogP contribution in [0.1, 0.15) is 40.5 Å². The van der Waals surface area contributed by atoms with Gasteiger partial charge in [-0.05, 0) is 53.2 Å². The van der Waals surface area contributed by atoms with E-state index < -0.39 is 5.54 Å². The minimum atomic E-state index is -0.874. The quantitative estimate of drug-likeness (QED) is 0.587. The highest BCUT2D eigenvalue weighted by molar-refractivity contribution is 5.79. The summed E-state index contributed by atoms with van der Waals surface area (Å²) in [6.07, 6.45) is 1.56. The molecule has 0 fully saturated rings. The number of ether oxygens (including phenoxy) is 1. The number of esters is 1. The van der Waals surface area contributed by atoms with Crippen LogP contribution in [0.5, 0.6) is 0 Å². The first kappa shape index (κ1) is 20.3. The molecule has 5 nitrogen and oxygen atoms in total. The van der Waals surface area contributed by atoms with Crippen molar-refractivity contribution in [3.8, 4) is 0 Å². The Labute approximate surface area is 130 Å². The normalized spacial score (nSPS) is 14.8. The van der Waals surface area contributed by atoms with Crippen LogP contribution in [0, 0.1) is 5.92 Å². The molecule has 0 saturated heterocycles. The highest BCUT2D eigenvalue weighted by atomic mass is 16.5. The van der Waals surface area contributed by atoms with Crippen molar-refractivity contribution in [2.45, 2.75) is 46.1 Å². The lowest BCUT2D eigenvalue weighted by atomic mass is 9.97. The predicted octanol–water partition coefficient (Wildman–Crippen LogP) is 1.57. The molecule has 0 spiro atoms. The van der Waals surface area contributed by atoms with Gasteiger partial charge in [0.25, 0.3) is 0 Å². The molecule has 2 N–H and O–H groups in total. The Morgan fingerprint density at radius 1 is 1.24 bits per heavy atom. The van der Waals surface area contributed by atoms with Crippen LogP contribution in [0.3, 0.4) is 0 Å². The largest absolute Gasteiger partial charge is 0.465 e. The van der Waals surface area contributed by atoms with Crippen LogP contribution >= 0.6 is 0 Å². The van der Waals surface area contributed by atoms with Gasteiger partial charge >= 0.3 is 5.97 Å². The summed E-state index contributed by atoms with van der Waals surface area (Å²) in [5.41, 5.74) is 5.18. The molecule has 21 heavy (non-hydrogen) atoms. The van der Waals surface area contributed by atoms with E-state index in [0.717, 1.165) is 32.6 Å². The topological polar surface area (TPSA) is 58.8 Å². The van der Waals surface area contributed by atoms with Crippen LogP contribution in [0.15, 0.2) is 0 Å². The molecule has 0 aliphatic rings. The number of rotatable bonds is 11. The summed E-state index contributed by atoms with van der Waals surface area (Å²) >= 11 is 0. The average Bonchev–Trinajstić information content (AvgIpc) is 2.35. The van der Waals surface area contributed by atoms with Crippen molar-refractivity contribution in [1.82, 2.24) is 9.80 Å². The van der Waals surface area contributed by atoms with Gasteiger partial charge in [0.05, 0.1) is 6.61 Å². The van der Waals surface area contributed by atoms with E-state index in [1.165, 1.54) is 0 Å². The lowest BCUT2D eigenvalue weighted by Crippen LogP contribution is -2.46. The fraction of sp³-hybridized carbons (Fsp3) is 0.938. The predicted molar refractivity (Wildman–Crippen MR) is 88.3 cm³/mol. The van der Waals surface area contributed by atoms with E-state index in [4.69, 9.17) is 10.5 Å². The number of carbonyl (C=O) groups excluding carboxylic acids is 1.